The minimum Gasteiger partial charge on any atom is -0.497 e. The van der Waals surface area contributed by atoms with Crippen LogP contribution in [0.25, 0.3) is 22.0 Å². The first kappa shape index (κ1) is 31.8. The Hall–Kier alpha value is -3.16. The Balaban J connectivity index is 1.11. The molecule has 2 aliphatic rings. The zero-order chi connectivity index (χ0) is 31.2. The van der Waals surface area contributed by atoms with E-state index >= 15 is 0 Å². The molecule has 238 valence electrons. The third kappa shape index (κ3) is 8.17. The molecule has 3 heterocycles. The lowest BCUT2D eigenvalue weighted by atomic mass is 9.92. The van der Waals surface area contributed by atoms with E-state index < -0.39 is 0 Å². The van der Waals surface area contributed by atoms with E-state index in [9.17, 15) is 4.79 Å². The number of Topliss-reactive ketones (excluding diaryl/α,β-unsaturated/α-hetero) is 1. The van der Waals surface area contributed by atoms with E-state index in [0.29, 0.717) is 12.2 Å². The van der Waals surface area contributed by atoms with Crippen LogP contribution in [0.2, 0.25) is 5.02 Å². The molecule has 2 aliphatic heterocycles. The highest BCUT2D eigenvalue weighted by atomic mass is 35.5. The molecule has 0 saturated carbocycles. The molecular formula is C38H47ClN4O2. The molecule has 1 aromatic heterocycles. The van der Waals surface area contributed by atoms with E-state index in [1.54, 1.807) is 7.11 Å². The van der Waals surface area contributed by atoms with E-state index in [1.165, 1.54) is 38.7 Å². The number of nitrogens with zero attached hydrogens (tertiary/aromatic N) is 3. The number of benzene rings is 3. The van der Waals surface area contributed by atoms with Crippen molar-refractivity contribution >= 4 is 28.3 Å². The summed E-state index contributed by atoms with van der Waals surface area (Å²) in [6.07, 6.45) is 7.07. The van der Waals surface area contributed by atoms with Gasteiger partial charge in [-0.1, -0.05) is 35.9 Å². The Morgan fingerprint density at radius 1 is 0.933 bits per heavy atom. The lowest BCUT2D eigenvalue weighted by molar-refractivity contribution is -0.123. The van der Waals surface area contributed by atoms with Crippen molar-refractivity contribution in [1.82, 2.24) is 19.7 Å². The molecule has 2 fully saturated rings. The number of aryl methyl sites for hydroxylation is 2. The number of piperazine rings is 1. The predicted octanol–water partition coefficient (Wildman–Crippen LogP) is 7.34. The molecule has 45 heavy (non-hydrogen) atoms. The summed E-state index contributed by atoms with van der Waals surface area (Å²) < 4.78 is 7.87. The van der Waals surface area contributed by atoms with Gasteiger partial charge in [-0.25, -0.2) is 0 Å². The fourth-order valence-electron chi connectivity index (χ4n) is 7.05. The summed E-state index contributed by atoms with van der Waals surface area (Å²) in [5.41, 5.74) is 7.59. The number of ether oxygens (including phenoxy) is 1. The molecule has 1 N–H and O–H groups in total. The van der Waals surface area contributed by atoms with Crippen LogP contribution in [0.4, 0.5) is 0 Å². The van der Waals surface area contributed by atoms with Crippen molar-refractivity contribution in [2.45, 2.75) is 58.7 Å². The molecule has 1 atom stereocenters. The summed E-state index contributed by atoms with van der Waals surface area (Å²) in [4.78, 5) is 17.8. The van der Waals surface area contributed by atoms with E-state index in [2.05, 4.69) is 81.3 Å². The van der Waals surface area contributed by atoms with E-state index in [-0.39, 0.29) is 5.92 Å². The maximum absolute atomic E-state index is 12.7. The first-order chi connectivity index (χ1) is 21.9. The van der Waals surface area contributed by atoms with Crippen molar-refractivity contribution in [3.8, 4) is 16.9 Å². The molecule has 0 spiro atoms. The molecule has 3 aromatic carbocycles. The van der Waals surface area contributed by atoms with Gasteiger partial charge in [-0.15, -0.1) is 0 Å². The maximum Gasteiger partial charge on any atom is 0.137 e. The van der Waals surface area contributed by atoms with Crippen molar-refractivity contribution in [2.75, 3.05) is 46.4 Å². The summed E-state index contributed by atoms with van der Waals surface area (Å²) >= 11 is 6.25. The number of halogens is 1. The molecule has 0 amide bonds. The number of fused-ring (bicyclic) bond motifs is 1. The first-order valence-electron chi connectivity index (χ1n) is 16.7. The zero-order valence-corrected chi connectivity index (χ0v) is 27.6. The van der Waals surface area contributed by atoms with Gasteiger partial charge in [0, 0.05) is 92.4 Å². The van der Waals surface area contributed by atoms with E-state index in [4.69, 9.17) is 16.3 Å². The maximum atomic E-state index is 12.7. The van der Waals surface area contributed by atoms with Crippen molar-refractivity contribution in [2.24, 2.45) is 5.92 Å². The Morgan fingerprint density at radius 3 is 2.40 bits per heavy atom. The number of nitrogens with one attached hydrogen (secondary N) is 1. The second-order valence-corrected chi connectivity index (χ2v) is 13.4. The highest BCUT2D eigenvalue weighted by Crippen LogP contribution is 2.33. The summed E-state index contributed by atoms with van der Waals surface area (Å²) in [6.45, 7) is 11.1. The van der Waals surface area contributed by atoms with Gasteiger partial charge in [0.15, 0.2) is 0 Å². The number of hydrogen-bond acceptors (Lipinski definition) is 5. The van der Waals surface area contributed by atoms with Crippen molar-refractivity contribution in [3.63, 3.8) is 0 Å². The molecule has 2 saturated heterocycles. The van der Waals surface area contributed by atoms with Gasteiger partial charge in [-0.3, -0.25) is 14.6 Å². The van der Waals surface area contributed by atoms with Gasteiger partial charge < -0.3 is 14.6 Å². The highest BCUT2D eigenvalue weighted by molar-refractivity contribution is 6.30. The lowest BCUT2D eigenvalue weighted by Gasteiger charge is -2.34. The van der Waals surface area contributed by atoms with Crippen LogP contribution in [-0.2, 0) is 24.4 Å². The van der Waals surface area contributed by atoms with Crippen molar-refractivity contribution < 1.29 is 9.53 Å². The van der Waals surface area contributed by atoms with Gasteiger partial charge in [0.1, 0.15) is 11.5 Å². The molecule has 6 nitrogen and oxygen atoms in total. The van der Waals surface area contributed by atoms with E-state index in [0.717, 1.165) is 95.4 Å². The SMILES string of the molecule is COc1cc(C)cc(CN2CCN(Cc3ccc4c(c3)c(-c3ccc(Cl)cc3)cn4CCCCC(=O)C3CCCNC3)CC2)c1. The topological polar surface area (TPSA) is 49.7 Å². The largest absolute Gasteiger partial charge is 0.497 e. The average Bonchev–Trinajstić information content (AvgIpc) is 3.42. The number of carbonyl (C=O) groups is 1. The van der Waals surface area contributed by atoms with Gasteiger partial charge in [0.05, 0.1) is 7.11 Å². The Kier molecular flexibility index (Phi) is 10.6. The van der Waals surface area contributed by atoms with Gasteiger partial charge in [0.2, 0.25) is 0 Å². The monoisotopic (exact) mass is 626 g/mol. The molecule has 0 radical (unpaired) electrons. The molecule has 1 unspecified atom stereocenters. The summed E-state index contributed by atoms with van der Waals surface area (Å²) in [6, 6.07) is 21.7. The van der Waals surface area contributed by atoms with Gasteiger partial charge in [-0.05, 0) is 97.8 Å². The number of piperidine rings is 1. The van der Waals surface area contributed by atoms with Crippen LogP contribution in [0.5, 0.6) is 5.75 Å². The molecule has 7 heteroatoms. The van der Waals surface area contributed by atoms with Gasteiger partial charge in [0.25, 0.3) is 0 Å². The number of aromatic nitrogens is 1. The van der Waals surface area contributed by atoms with Crippen molar-refractivity contribution in [1.29, 1.82) is 0 Å². The van der Waals surface area contributed by atoms with Crippen LogP contribution < -0.4 is 10.1 Å². The minimum absolute atomic E-state index is 0.210. The minimum atomic E-state index is 0.210. The molecule has 0 aliphatic carbocycles. The lowest BCUT2D eigenvalue weighted by Crippen LogP contribution is -2.45. The number of unbranched alkanes of at least 4 members (excludes halogenated alkanes) is 1. The number of methoxy groups -OCH3 is 1. The quantitative estimate of drug-likeness (QED) is 0.167. The second kappa shape index (κ2) is 15.0. The van der Waals surface area contributed by atoms with Crippen LogP contribution in [0.1, 0.15) is 48.8 Å². The zero-order valence-electron chi connectivity index (χ0n) is 26.9. The average molecular weight is 627 g/mol. The highest BCUT2D eigenvalue weighted by Gasteiger charge is 2.21. The summed E-state index contributed by atoms with van der Waals surface area (Å²) in [5, 5.41) is 5.41. The fraction of sp³-hybridized carbons (Fsp3) is 0.447. The number of ketones is 1. The second-order valence-electron chi connectivity index (χ2n) is 13.0. The standard InChI is InChI=1S/C38H47ClN4O2/c1-28-20-30(22-34(21-28)45-2)26-42-18-16-41(17-19-42)25-29-8-13-37-35(23-29)36(31-9-11-33(39)12-10-31)27-43(37)15-4-3-7-38(44)32-6-5-14-40-24-32/h8-13,20-23,27,32,40H,3-7,14-19,24-26H2,1-2H3. The third-order valence-electron chi connectivity index (χ3n) is 9.55. The first-order valence-corrected chi connectivity index (χ1v) is 17.0. The van der Waals surface area contributed by atoms with Crippen LogP contribution in [0.3, 0.4) is 0 Å². The van der Waals surface area contributed by atoms with Gasteiger partial charge >= 0.3 is 0 Å². The normalized spacial score (nSPS) is 18.0. The number of rotatable bonds is 12. The number of hydrogen-bond donors (Lipinski definition) is 1. The molecule has 0 bridgehead atoms. The third-order valence-corrected chi connectivity index (χ3v) is 9.80. The Morgan fingerprint density at radius 2 is 1.69 bits per heavy atom. The Labute approximate surface area is 273 Å². The molecular weight excluding hydrogens is 580 g/mol. The van der Waals surface area contributed by atoms with Crippen LogP contribution >= 0.6 is 11.6 Å². The fourth-order valence-corrected chi connectivity index (χ4v) is 7.18. The van der Waals surface area contributed by atoms with Crippen molar-refractivity contribution in [3.05, 3.63) is 88.6 Å². The van der Waals surface area contributed by atoms with Crippen LogP contribution in [0, 0.1) is 12.8 Å². The van der Waals surface area contributed by atoms with E-state index in [1.807, 2.05) is 12.1 Å². The Bertz CT molecular complexity index is 1580. The smallest absolute Gasteiger partial charge is 0.137 e. The van der Waals surface area contributed by atoms with Crippen LogP contribution in [-0.4, -0.2) is 66.5 Å². The number of carbonyl (C=O) groups excluding carboxylic acids is 1. The predicted molar refractivity (Wildman–Crippen MR) is 185 cm³/mol. The van der Waals surface area contributed by atoms with Gasteiger partial charge in [-0.2, -0.15) is 0 Å². The van der Waals surface area contributed by atoms with Crippen LogP contribution in [0.15, 0.2) is 66.9 Å². The molecule has 6 rings (SSSR count). The molecule has 4 aromatic rings. The summed E-state index contributed by atoms with van der Waals surface area (Å²) in [7, 11) is 1.74. The summed E-state index contributed by atoms with van der Waals surface area (Å²) in [5.74, 6) is 1.58.